The zero-order valence-corrected chi connectivity index (χ0v) is 11.6. The van der Waals surface area contributed by atoms with Crippen molar-refractivity contribution >= 4 is 22.9 Å². The molecule has 1 aromatic heterocycles. The fourth-order valence-electron chi connectivity index (χ4n) is 2.51. The van der Waals surface area contributed by atoms with Gasteiger partial charge in [0, 0.05) is 19.2 Å². The molecule has 2 aromatic rings. The van der Waals surface area contributed by atoms with Crippen LogP contribution in [-0.2, 0) is 11.2 Å². The number of fused-ring (bicyclic) bond motifs is 1. The Morgan fingerprint density at radius 3 is 2.84 bits per heavy atom. The molecule has 3 rings (SSSR count). The van der Waals surface area contributed by atoms with Gasteiger partial charge in [0.15, 0.2) is 0 Å². The van der Waals surface area contributed by atoms with Crippen LogP contribution in [0.2, 0.25) is 0 Å². The van der Waals surface area contributed by atoms with Crippen molar-refractivity contribution in [3.63, 3.8) is 0 Å². The molecule has 0 fully saturated rings. The van der Waals surface area contributed by atoms with Crippen molar-refractivity contribution in [2.45, 2.75) is 18.9 Å². The number of nitrogens with two attached hydrogens (primary N) is 1. The normalized spacial score (nSPS) is 16.3. The highest BCUT2D eigenvalue weighted by Crippen LogP contribution is 2.30. The van der Waals surface area contributed by atoms with Crippen LogP contribution >= 0.6 is 11.3 Å². The molecule has 0 saturated carbocycles. The van der Waals surface area contributed by atoms with E-state index in [4.69, 9.17) is 5.73 Å². The molecule has 1 aromatic carbocycles. The lowest BCUT2D eigenvalue weighted by atomic mass is 9.95. The molecular weight excluding hydrogens is 256 g/mol. The Morgan fingerprint density at radius 1 is 1.26 bits per heavy atom. The molecule has 19 heavy (non-hydrogen) atoms. The van der Waals surface area contributed by atoms with Crippen LogP contribution in [0.1, 0.15) is 29.2 Å². The molecule has 3 nitrogen and oxygen atoms in total. The number of thiophene rings is 1. The van der Waals surface area contributed by atoms with Gasteiger partial charge in [-0.25, -0.2) is 0 Å². The van der Waals surface area contributed by atoms with Gasteiger partial charge in [-0.15, -0.1) is 0 Å². The van der Waals surface area contributed by atoms with Crippen LogP contribution in [0.3, 0.4) is 0 Å². The summed E-state index contributed by atoms with van der Waals surface area (Å²) in [6.07, 6.45) is 1.39. The molecule has 1 aliphatic rings. The van der Waals surface area contributed by atoms with Crippen LogP contribution in [0, 0.1) is 0 Å². The number of aryl methyl sites for hydroxylation is 1. The summed E-state index contributed by atoms with van der Waals surface area (Å²) >= 11 is 1.66. The number of hydrogen-bond acceptors (Lipinski definition) is 3. The topological polar surface area (TPSA) is 46.3 Å². The van der Waals surface area contributed by atoms with Gasteiger partial charge in [-0.1, -0.05) is 12.1 Å². The Hall–Kier alpha value is -1.65. The first-order valence-electron chi connectivity index (χ1n) is 6.34. The van der Waals surface area contributed by atoms with Gasteiger partial charge in [0.2, 0.25) is 5.91 Å². The molecule has 4 heteroatoms. The van der Waals surface area contributed by atoms with E-state index in [1.54, 1.807) is 16.2 Å². The molecule has 0 bridgehead atoms. The Bertz CT molecular complexity index is 607. The van der Waals surface area contributed by atoms with E-state index in [9.17, 15) is 4.79 Å². The maximum absolute atomic E-state index is 11.7. The van der Waals surface area contributed by atoms with Gasteiger partial charge in [0.05, 0.1) is 6.04 Å². The van der Waals surface area contributed by atoms with E-state index in [-0.39, 0.29) is 11.9 Å². The highest BCUT2D eigenvalue weighted by atomic mass is 32.1. The van der Waals surface area contributed by atoms with Crippen LogP contribution < -0.4 is 10.6 Å². The SMILES string of the molecule is CN1C(=O)CCc2cc(C(N)c3ccsc3)ccc21. The molecule has 1 aliphatic heterocycles. The maximum Gasteiger partial charge on any atom is 0.227 e. The number of rotatable bonds is 2. The molecule has 98 valence electrons. The minimum absolute atomic E-state index is 0.0838. The summed E-state index contributed by atoms with van der Waals surface area (Å²) in [5.74, 6) is 0.183. The predicted octanol–water partition coefficient (Wildman–Crippen LogP) is 2.71. The standard InChI is InChI=1S/C15H16N2OS/c1-17-13-4-2-11(8-10(13)3-5-14(17)18)15(16)12-6-7-19-9-12/h2,4,6-9,15H,3,5,16H2,1H3. The van der Waals surface area contributed by atoms with Crippen LogP contribution in [0.25, 0.3) is 0 Å². The summed E-state index contributed by atoms with van der Waals surface area (Å²) in [6.45, 7) is 0. The summed E-state index contributed by atoms with van der Waals surface area (Å²) in [5, 5.41) is 4.12. The molecule has 0 spiro atoms. The first-order valence-corrected chi connectivity index (χ1v) is 7.28. The highest BCUT2D eigenvalue weighted by Gasteiger charge is 2.21. The average Bonchev–Trinajstić information content (AvgIpc) is 2.96. The second kappa shape index (κ2) is 4.79. The average molecular weight is 272 g/mol. The van der Waals surface area contributed by atoms with Crippen molar-refractivity contribution in [1.29, 1.82) is 0 Å². The van der Waals surface area contributed by atoms with Crippen molar-refractivity contribution in [3.05, 3.63) is 51.7 Å². The molecule has 0 aliphatic carbocycles. The fourth-order valence-corrected chi connectivity index (χ4v) is 3.21. The second-order valence-electron chi connectivity index (χ2n) is 4.88. The van der Waals surface area contributed by atoms with Crippen LogP contribution in [0.4, 0.5) is 5.69 Å². The smallest absolute Gasteiger partial charge is 0.227 e. The first-order chi connectivity index (χ1) is 9.16. The molecule has 0 radical (unpaired) electrons. The van der Waals surface area contributed by atoms with Crippen molar-refractivity contribution < 1.29 is 4.79 Å². The molecule has 1 amide bonds. The van der Waals surface area contributed by atoms with Crippen LogP contribution in [0.15, 0.2) is 35.0 Å². The summed E-state index contributed by atoms with van der Waals surface area (Å²) in [7, 11) is 1.83. The molecule has 1 unspecified atom stereocenters. The van der Waals surface area contributed by atoms with Gasteiger partial charge < -0.3 is 10.6 Å². The van der Waals surface area contributed by atoms with Crippen molar-refractivity contribution in [2.75, 3.05) is 11.9 Å². The van der Waals surface area contributed by atoms with E-state index in [1.807, 2.05) is 24.6 Å². The Morgan fingerprint density at radius 2 is 2.11 bits per heavy atom. The van der Waals surface area contributed by atoms with Gasteiger partial charge in [-0.05, 0) is 46.0 Å². The summed E-state index contributed by atoms with van der Waals surface area (Å²) in [6, 6.07) is 8.15. The zero-order chi connectivity index (χ0) is 13.4. The lowest BCUT2D eigenvalue weighted by Crippen LogP contribution is -2.31. The minimum Gasteiger partial charge on any atom is -0.320 e. The number of hydrogen-bond donors (Lipinski definition) is 1. The molecular formula is C15H16N2OS. The monoisotopic (exact) mass is 272 g/mol. The van der Waals surface area contributed by atoms with E-state index in [0.717, 1.165) is 23.2 Å². The summed E-state index contributed by atoms with van der Waals surface area (Å²) in [5.41, 5.74) is 10.8. The third-order valence-corrected chi connectivity index (χ3v) is 4.41. The van der Waals surface area contributed by atoms with Gasteiger partial charge >= 0.3 is 0 Å². The van der Waals surface area contributed by atoms with E-state index in [2.05, 4.69) is 17.5 Å². The number of benzene rings is 1. The summed E-state index contributed by atoms with van der Waals surface area (Å²) in [4.78, 5) is 13.4. The minimum atomic E-state index is -0.0838. The van der Waals surface area contributed by atoms with Gasteiger partial charge in [0.1, 0.15) is 0 Å². The van der Waals surface area contributed by atoms with Gasteiger partial charge in [0.25, 0.3) is 0 Å². The Balaban J connectivity index is 1.96. The van der Waals surface area contributed by atoms with E-state index < -0.39 is 0 Å². The molecule has 1 atom stereocenters. The van der Waals surface area contributed by atoms with Crippen LogP contribution in [-0.4, -0.2) is 13.0 Å². The maximum atomic E-state index is 11.7. The largest absolute Gasteiger partial charge is 0.320 e. The van der Waals surface area contributed by atoms with Crippen molar-refractivity contribution in [2.24, 2.45) is 5.73 Å². The third kappa shape index (κ3) is 2.17. The third-order valence-electron chi connectivity index (χ3n) is 3.71. The molecule has 2 heterocycles. The fraction of sp³-hybridized carbons (Fsp3) is 0.267. The predicted molar refractivity (Wildman–Crippen MR) is 78.5 cm³/mol. The lowest BCUT2D eigenvalue weighted by molar-refractivity contribution is -0.118. The molecule has 2 N–H and O–H groups in total. The van der Waals surface area contributed by atoms with Crippen molar-refractivity contribution in [3.8, 4) is 0 Å². The second-order valence-corrected chi connectivity index (χ2v) is 5.66. The van der Waals surface area contributed by atoms with Crippen LogP contribution in [0.5, 0.6) is 0 Å². The first kappa shape index (κ1) is 12.4. The Kier molecular flexibility index (Phi) is 3.12. The van der Waals surface area contributed by atoms with E-state index >= 15 is 0 Å². The lowest BCUT2D eigenvalue weighted by Gasteiger charge is -2.26. The summed E-state index contributed by atoms with van der Waals surface area (Å²) < 4.78 is 0. The number of carbonyl (C=O) groups is 1. The number of anilines is 1. The zero-order valence-electron chi connectivity index (χ0n) is 10.8. The number of nitrogens with zero attached hydrogens (tertiary/aromatic N) is 1. The number of amides is 1. The number of carbonyl (C=O) groups excluding carboxylic acids is 1. The Labute approximate surface area is 116 Å². The molecule has 0 saturated heterocycles. The van der Waals surface area contributed by atoms with E-state index in [1.165, 1.54) is 5.56 Å². The van der Waals surface area contributed by atoms with Crippen molar-refractivity contribution in [1.82, 2.24) is 0 Å². The van der Waals surface area contributed by atoms with E-state index in [0.29, 0.717) is 6.42 Å². The van der Waals surface area contributed by atoms with Gasteiger partial charge in [-0.2, -0.15) is 11.3 Å². The van der Waals surface area contributed by atoms with Gasteiger partial charge in [-0.3, -0.25) is 4.79 Å². The quantitative estimate of drug-likeness (QED) is 0.913. The highest BCUT2D eigenvalue weighted by molar-refractivity contribution is 7.08.